The number of rotatable bonds is 2. The van der Waals surface area contributed by atoms with Crippen LogP contribution in [0.1, 0.15) is 12.5 Å². The normalized spacial score (nSPS) is 11.0. The molecule has 0 saturated heterocycles. The molecule has 4 N–H and O–H groups in total. The minimum Gasteiger partial charge on any atom is -0.369 e. The quantitative estimate of drug-likeness (QED) is 0.745. The SMILES string of the molecule is CCn1c(N)nc2c(CN)cccc21. The molecular weight excluding hydrogens is 176 g/mol. The van der Waals surface area contributed by atoms with E-state index in [0.717, 1.165) is 23.1 Å². The lowest BCUT2D eigenvalue weighted by molar-refractivity contribution is 0.800. The second-order valence-corrected chi connectivity index (χ2v) is 3.20. The summed E-state index contributed by atoms with van der Waals surface area (Å²) in [4.78, 5) is 4.32. The van der Waals surface area contributed by atoms with Gasteiger partial charge in [-0.2, -0.15) is 0 Å². The summed E-state index contributed by atoms with van der Waals surface area (Å²) in [6, 6.07) is 5.98. The topological polar surface area (TPSA) is 69.9 Å². The highest BCUT2D eigenvalue weighted by molar-refractivity contribution is 5.81. The molecule has 0 unspecified atom stereocenters. The summed E-state index contributed by atoms with van der Waals surface area (Å²) in [5, 5.41) is 0. The summed E-state index contributed by atoms with van der Waals surface area (Å²) in [5.74, 6) is 0.559. The molecular formula is C10H14N4. The Labute approximate surface area is 82.5 Å². The van der Waals surface area contributed by atoms with Crippen molar-refractivity contribution in [2.24, 2.45) is 5.73 Å². The van der Waals surface area contributed by atoms with E-state index in [1.165, 1.54) is 0 Å². The lowest BCUT2D eigenvalue weighted by Gasteiger charge is -2.01. The van der Waals surface area contributed by atoms with Crippen molar-refractivity contribution in [3.63, 3.8) is 0 Å². The molecule has 1 aromatic carbocycles. The van der Waals surface area contributed by atoms with Crippen molar-refractivity contribution in [2.45, 2.75) is 20.0 Å². The van der Waals surface area contributed by atoms with Crippen LogP contribution >= 0.6 is 0 Å². The Morgan fingerprint density at radius 1 is 1.43 bits per heavy atom. The first-order chi connectivity index (χ1) is 6.77. The van der Waals surface area contributed by atoms with Crippen molar-refractivity contribution >= 4 is 17.0 Å². The fourth-order valence-electron chi connectivity index (χ4n) is 1.72. The zero-order chi connectivity index (χ0) is 10.1. The van der Waals surface area contributed by atoms with E-state index in [0.29, 0.717) is 12.5 Å². The molecule has 0 amide bonds. The van der Waals surface area contributed by atoms with E-state index >= 15 is 0 Å². The van der Waals surface area contributed by atoms with Gasteiger partial charge in [0.05, 0.1) is 11.0 Å². The molecule has 2 rings (SSSR count). The number of imidazole rings is 1. The summed E-state index contributed by atoms with van der Waals surface area (Å²) in [6.07, 6.45) is 0. The van der Waals surface area contributed by atoms with Crippen LogP contribution in [0.25, 0.3) is 11.0 Å². The smallest absolute Gasteiger partial charge is 0.201 e. The number of benzene rings is 1. The summed E-state index contributed by atoms with van der Waals surface area (Å²) in [7, 11) is 0. The number of para-hydroxylation sites is 1. The van der Waals surface area contributed by atoms with Crippen molar-refractivity contribution in [1.29, 1.82) is 0 Å². The van der Waals surface area contributed by atoms with Gasteiger partial charge in [0.2, 0.25) is 5.95 Å². The lowest BCUT2D eigenvalue weighted by Crippen LogP contribution is -2.00. The Morgan fingerprint density at radius 3 is 2.86 bits per heavy atom. The van der Waals surface area contributed by atoms with E-state index in [2.05, 4.69) is 4.98 Å². The second kappa shape index (κ2) is 3.31. The van der Waals surface area contributed by atoms with E-state index in [1.807, 2.05) is 29.7 Å². The van der Waals surface area contributed by atoms with Gasteiger partial charge < -0.3 is 16.0 Å². The van der Waals surface area contributed by atoms with Crippen LogP contribution in [0.15, 0.2) is 18.2 Å². The van der Waals surface area contributed by atoms with E-state index in [4.69, 9.17) is 11.5 Å². The van der Waals surface area contributed by atoms with Crippen LogP contribution in [0.2, 0.25) is 0 Å². The van der Waals surface area contributed by atoms with Crippen LogP contribution in [-0.2, 0) is 13.1 Å². The number of aryl methyl sites for hydroxylation is 1. The van der Waals surface area contributed by atoms with Crippen LogP contribution in [-0.4, -0.2) is 9.55 Å². The van der Waals surface area contributed by atoms with E-state index < -0.39 is 0 Å². The van der Waals surface area contributed by atoms with E-state index in [-0.39, 0.29) is 0 Å². The zero-order valence-corrected chi connectivity index (χ0v) is 8.20. The number of nitrogens with zero attached hydrogens (tertiary/aromatic N) is 2. The van der Waals surface area contributed by atoms with Gasteiger partial charge in [0.25, 0.3) is 0 Å². The van der Waals surface area contributed by atoms with Gasteiger partial charge in [0.1, 0.15) is 0 Å². The molecule has 2 aromatic rings. The Morgan fingerprint density at radius 2 is 2.21 bits per heavy atom. The molecule has 0 aliphatic rings. The molecule has 0 fully saturated rings. The maximum absolute atomic E-state index is 5.80. The second-order valence-electron chi connectivity index (χ2n) is 3.20. The van der Waals surface area contributed by atoms with Gasteiger partial charge in [-0.15, -0.1) is 0 Å². The summed E-state index contributed by atoms with van der Waals surface area (Å²) >= 11 is 0. The summed E-state index contributed by atoms with van der Waals surface area (Å²) < 4.78 is 1.98. The van der Waals surface area contributed by atoms with E-state index in [9.17, 15) is 0 Å². The molecule has 4 heteroatoms. The highest BCUT2D eigenvalue weighted by Gasteiger charge is 2.08. The maximum atomic E-state index is 5.80. The number of hydrogen-bond acceptors (Lipinski definition) is 3. The molecule has 0 radical (unpaired) electrons. The Kier molecular flexibility index (Phi) is 2.13. The first-order valence-corrected chi connectivity index (χ1v) is 4.71. The first-order valence-electron chi connectivity index (χ1n) is 4.71. The van der Waals surface area contributed by atoms with Crippen molar-refractivity contribution in [3.05, 3.63) is 23.8 Å². The Hall–Kier alpha value is -1.55. The predicted molar refractivity (Wildman–Crippen MR) is 57.7 cm³/mol. The average molecular weight is 190 g/mol. The van der Waals surface area contributed by atoms with Gasteiger partial charge in [0, 0.05) is 13.1 Å². The Balaban J connectivity index is 2.79. The van der Waals surface area contributed by atoms with Crippen molar-refractivity contribution in [2.75, 3.05) is 5.73 Å². The minimum atomic E-state index is 0.498. The van der Waals surface area contributed by atoms with Gasteiger partial charge in [0.15, 0.2) is 0 Å². The van der Waals surface area contributed by atoms with Gasteiger partial charge >= 0.3 is 0 Å². The number of nitrogen functional groups attached to an aromatic ring is 1. The van der Waals surface area contributed by atoms with Gasteiger partial charge in [-0.3, -0.25) is 0 Å². The molecule has 0 atom stereocenters. The zero-order valence-electron chi connectivity index (χ0n) is 8.20. The Bertz CT molecular complexity index is 458. The number of nitrogens with two attached hydrogens (primary N) is 2. The number of aromatic nitrogens is 2. The molecule has 0 saturated carbocycles. The maximum Gasteiger partial charge on any atom is 0.201 e. The van der Waals surface area contributed by atoms with Gasteiger partial charge in [-0.1, -0.05) is 12.1 Å². The van der Waals surface area contributed by atoms with Crippen LogP contribution in [0, 0.1) is 0 Å². The monoisotopic (exact) mass is 190 g/mol. The summed E-state index contributed by atoms with van der Waals surface area (Å²) in [6.45, 7) is 3.38. The van der Waals surface area contributed by atoms with Crippen molar-refractivity contribution in [3.8, 4) is 0 Å². The number of fused-ring (bicyclic) bond motifs is 1. The predicted octanol–water partition coefficient (Wildman–Crippen LogP) is 1.10. The number of anilines is 1. The third-order valence-electron chi connectivity index (χ3n) is 2.43. The third-order valence-corrected chi connectivity index (χ3v) is 2.43. The molecule has 0 aliphatic heterocycles. The minimum absolute atomic E-state index is 0.498. The average Bonchev–Trinajstić information content (AvgIpc) is 2.52. The molecule has 1 aromatic heterocycles. The third kappa shape index (κ3) is 1.15. The highest BCUT2D eigenvalue weighted by atomic mass is 15.1. The molecule has 0 spiro atoms. The lowest BCUT2D eigenvalue weighted by atomic mass is 10.2. The van der Waals surface area contributed by atoms with Crippen molar-refractivity contribution in [1.82, 2.24) is 9.55 Å². The number of hydrogen-bond donors (Lipinski definition) is 2. The van der Waals surface area contributed by atoms with Crippen molar-refractivity contribution < 1.29 is 0 Å². The molecule has 74 valence electrons. The largest absolute Gasteiger partial charge is 0.369 e. The van der Waals surface area contributed by atoms with E-state index in [1.54, 1.807) is 0 Å². The standard InChI is InChI=1S/C10H14N4/c1-2-14-8-5-3-4-7(6-11)9(8)13-10(14)12/h3-5H,2,6,11H2,1H3,(H2,12,13). The van der Waals surface area contributed by atoms with Crippen LogP contribution in [0.3, 0.4) is 0 Å². The summed E-state index contributed by atoms with van der Waals surface area (Å²) in [5.41, 5.74) is 14.5. The molecule has 14 heavy (non-hydrogen) atoms. The van der Waals surface area contributed by atoms with Crippen LogP contribution < -0.4 is 11.5 Å². The van der Waals surface area contributed by atoms with Crippen LogP contribution in [0.4, 0.5) is 5.95 Å². The fraction of sp³-hybridized carbons (Fsp3) is 0.300. The van der Waals surface area contributed by atoms with Gasteiger partial charge in [-0.25, -0.2) is 4.98 Å². The molecule has 1 heterocycles. The fourth-order valence-corrected chi connectivity index (χ4v) is 1.72. The molecule has 4 nitrogen and oxygen atoms in total. The first kappa shape index (κ1) is 9.02. The highest BCUT2D eigenvalue weighted by Crippen LogP contribution is 2.20. The molecule has 0 bridgehead atoms. The van der Waals surface area contributed by atoms with Crippen LogP contribution in [0.5, 0.6) is 0 Å². The molecule has 0 aliphatic carbocycles. The van der Waals surface area contributed by atoms with Gasteiger partial charge in [-0.05, 0) is 18.6 Å².